The van der Waals surface area contributed by atoms with Gasteiger partial charge < -0.3 is 15.2 Å². The molecule has 0 heterocycles. The van der Waals surface area contributed by atoms with E-state index < -0.39 is 4.92 Å². The molecular weight excluding hydrogens is 248 g/mol. The molecule has 0 saturated carbocycles. The molecule has 19 heavy (non-hydrogen) atoms. The van der Waals surface area contributed by atoms with Crippen molar-refractivity contribution in [2.24, 2.45) is 0 Å². The SMILES string of the molecule is CNc1cc(Oc2cccc(O)c2)ccc1[N+](=O)[O-]. The van der Waals surface area contributed by atoms with Crippen LogP contribution in [-0.4, -0.2) is 17.1 Å². The quantitative estimate of drug-likeness (QED) is 0.651. The minimum absolute atomic E-state index is 0.0224. The summed E-state index contributed by atoms with van der Waals surface area (Å²) in [4.78, 5) is 10.3. The molecule has 0 saturated heterocycles. The number of phenols is 1. The maximum Gasteiger partial charge on any atom is 0.292 e. The first-order chi connectivity index (χ1) is 9.10. The van der Waals surface area contributed by atoms with Gasteiger partial charge in [0.1, 0.15) is 22.9 Å². The lowest BCUT2D eigenvalue weighted by Crippen LogP contribution is -1.97. The maximum absolute atomic E-state index is 10.8. The molecule has 2 aromatic rings. The van der Waals surface area contributed by atoms with Crippen molar-refractivity contribution in [3.05, 3.63) is 52.6 Å². The van der Waals surface area contributed by atoms with Gasteiger partial charge in [0, 0.05) is 25.2 Å². The van der Waals surface area contributed by atoms with Crippen LogP contribution >= 0.6 is 0 Å². The number of rotatable bonds is 4. The first-order valence-corrected chi connectivity index (χ1v) is 5.53. The predicted molar refractivity (Wildman–Crippen MR) is 70.8 cm³/mol. The Bertz CT molecular complexity index is 613. The van der Waals surface area contributed by atoms with Crippen LogP contribution in [0.5, 0.6) is 17.2 Å². The number of phenolic OH excluding ortho intramolecular Hbond substituents is 1. The van der Waals surface area contributed by atoms with Crippen molar-refractivity contribution >= 4 is 11.4 Å². The van der Waals surface area contributed by atoms with Gasteiger partial charge in [-0.05, 0) is 18.2 Å². The van der Waals surface area contributed by atoms with Gasteiger partial charge in [0.15, 0.2) is 0 Å². The molecule has 0 spiro atoms. The van der Waals surface area contributed by atoms with E-state index in [1.807, 2.05) is 0 Å². The number of benzene rings is 2. The molecule has 2 rings (SSSR count). The Labute approximate surface area is 109 Å². The third kappa shape index (κ3) is 2.92. The number of anilines is 1. The van der Waals surface area contributed by atoms with Gasteiger partial charge in [-0.1, -0.05) is 6.07 Å². The Morgan fingerprint density at radius 1 is 1.21 bits per heavy atom. The zero-order valence-electron chi connectivity index (χ0n) is 10.2. The fourth-order valence-electron chi connectivity index (χ4n) is 1.62. The summed E-state index contributed by atoms with van der Waals surface area (Å²) in [5.41, 5.74) is 0.341. The molecule has 0 amide bonds. The van der Waals surface area contributed by atoms with Crippen molar-refractivity contribution in [3.63, 3.8) is 0 Å². The summed E-state index contributed by atoms with van der Waals surface area (Å²) >= 11 is 0. The van der Waals surface area contributed by atoms with Gasteiger partial charge in [-0.2, -0.15) is 0 Å². The molecule has 0 fully saturated rings. The Hall–Kier alpha value is -2.76. The van der Waals surface area contributed by atoms with Crippen LogP contribution in [0.15, 0.2) is 42.5 Å². The fraction of sp³-hybridized carbons (Fsp3) is 0.0769. The molecule has 0 aromatic heterocycles. The summed E-state index contributed by atoms with van der Waals surface area (Å²) in [5, 5.41) is 22.9. The fourth-order valence-corrected chi connectivity index (χ4v) is 1.62. The van der Waals surface area contributed by atoms with E-state index in [0.717, 1.165) is 0 Å². The van der Waals surface area contributed by atoms with Gasteiger partial charge in [0.2, 0.25) is 0 Å². The second-order valence-corrected chi connectivity index (χ2v) is 3.79. The van der Waals surface area contributed by atoms with E-state index in [1.54, 1.807) is 19.2 Å². The van der Waals surface area contributed by atoms with Crippen LogP contribution < -0.4 is 10.1 Å². The van der Waals surface area contributed by atoms with E-state index >= 15 is 0 Å². The van der Waals surface area contributed by atoms with E-state index in [1.165, 1.54) is 30.3 Å². The van der Waals surface area contributed by atoms with Crippen molar-refractivity contribution < 1.29 is 14.8 Å². The lowest BCUT2D eigenvalue weighted by Gasteiger charge is -2.08. The molecule has 6 heteroatoms. The molecule has 0 aliphatic rings. The summed E-state index contributed by atoms with van der Waals surface area (Å²) in [5.74, 6) is 0.990. The lowest BCUT2D eigenvalue weighted by molar-refractivity contribution is -0.384. The van der Waals surface area contributed by atoms with Gasteiger partial charge in [0.25, 0.3) is 5.69 Å². The highest BCUT2D eigenvalue weighted by Crippen LogP contribution is 2.31. The Balaban J connectivity index is 2.29. The Morgan fingerprint density at radius 2 is 1.95 bits per heavy atom. The van der Waals surface area contributed by atoms with Crippen LogP contribution in [0.25, 0.3) is 0 Å². The normalized spacial score (nSPS) is 9.95. The first-order valence-electron chi connectivity index (χ1n) is 5.53. The van der Waals surface area contributed by atoms with Crippen LogP contribution in [-0.2, 0) is 0 Å². The van der Waals surface area contributed by atoms with Gasteiger partial charge in [-0.25, -0.2) is 0 Å². The van der Waals surface area contributed by atoms with Crippen molar-refractivity contribution in [1.82, 2.24) is 0 Å². The third-order valence-corrected chi connectivity index (χ3v) is 2.49. The topological polar surface area (TPSA) is 84.6 Å². The summed E-state index contributed by atoms with van der Waals surface area (Å²) in [6, 6.07) is 10.7. The number of nitro groups is 1. The van der Waals surface area contributed by atoms with E-state index in [9.17, 15) is 15.2 Å². The number of aromatic hydroxyl groups is 1. The highest BCUT2D eigenvalue weighted by atomic mass is 16.6. The molecule has 2 aromatic carbocycles. The number of nitro benzene ring substituents is 1. The van der Waals surface area contributed by atoms with Crippen LogP contribution in [0.1, 0.15) is 0 Å². The zero-order chi connectivity index (χ0) is 13.8. The van der Waals surface area contributed by atoms with Crippen LogP contribution in [0.2, 0.25) is 0 Å². The van der Waals surface area contributed by atoms with E-state index in [2.05, 4.69) is 5.32 Å². The minimum Gasteiger partial charge on any atom is -0.508 e. The molecular formula is C13H12N2O4. The second-order valence-electron chi connectivity index (χ2n) is 3.79. The average Bonchev–Trinajstić information content (AvgIpc) is 2.38. The highest BCUT2D eigenvalue weighted by Gasteiger charge is 2.13. The van der Waals surface area contributed by atoms with Crippen LogP contribution in [0.3, 0.4) is 0 Å². The van der Waals surface area contributed by atoms with Crippen LogP contribution in [0, 0.1) is 10.1 Å². The molecule has 0 aliphatic heterocycles. The van der Waals surface area contributed by atoms with Crippen molar-refractivity contribution in [1.29, 1.82) is 0 Å². The number of hydrogen-bond donors (Lipinski definition) is 2. The summed E-state index contributed by atoms with van der Waals surface area (Å²) in [7, 11) is 1.60. The molecule has 0 unspecified atom stereocenters. The van der Waals surface area contributed by atoms with Gasteiger partial charge in [-0.15, -0.1) is 0 Å². The molecule has 0 aliphatic carbocycles. The van der Waals surface area contributed by atoms with E-state index in [-0.39, 0.29) is 11.4 Å². The number of nitrogens with zero attached hydrogens (tertiary/aromatic N) is 1. The number of nitrogens with one attached hydrogen (secondary N) is 1. The molecule has 6 nitrogen and oxygen atoms in total. The Morgan fingerprint density at radius 3 is 2.58 bits per heavy atom. The van der Waals surface area contributed by atoms with Gasteiger partial charge in [-0.3, -0.25) is 10.1 Å². The molecule has 0 atom stereocenters. The van der Waals surface area contributed by atoms with Crippen molar-refractivity contribution in [2.45, 2.75) is 0 Å². The molecule has 98 valence electrons. The van der Waals surface area contributed by atoms with Crippen molar-refractivity contribution in [2.75, 3.05) is 12.4 Å². The summed E-state index contributed by atoms with van der Waals surface area (Å²) in [6.07, 6.45) is 0. The molecule has 0 radical (unpaired) electrons. The average molecular weight is 260 g/mol. The molecule has 2 N–H and O–H groups in total. The third-order valence-electron chi connectivity index (χ3n) is 2.49. The maximum atomic E-state index is 10.8. The van der Waals surface area contributed by atoms with Crippen LogP contribution in [0.4, 0.5) is 11.4 Å². The zero-order valence-corrected chi connectivity index (χ0v) is 10.2. The van der Waals surface area contributed by atoms with Gasteiger partial charge >= 0.3 is 0 Å². The standard InChI is InChI=1S/C13H12N2O4/c1-14-12-8-11(5-6-13(12)15(17)18)19-10-4-2-3-9(16)7-10/h2-8,14,16H,1H3. The minimum atomic E-state index is -0.468. The number of ether oxygens (including phenoxy) is 1. The molecule has 0 bridgehead atoms. The van der Waals surface area contributed by atoms with E-state index in [4.69, 9.17) is 4.74 Å². The summed E-state index contributed by atoms with van der Waals surface area (Å²) < 4.78 is 5.51. The highest BCUT2D eigenvalue weighted by molar-refractivity contribution is 5.64. The largest absolute Gasteiger partial charge is 0.508 e. The Kier molecular flexibility index (Phi) is 3.51. The predicted octanol–water partition coefficient (Wildman–Crippen LogP) is 3.13. The lowest BCUT2D eigenvalue weighted by atomic mass is 10.2. The monoisotopic (exact) mass is 260 g/mol. The van der Waals surface area contributed by atoms with Gasteiger partial charge in [0.05, 0.1) is 4.92 Å². The smallest absolute Gasteiger partial charge is 0.292 e. The van der Waals surface area contributed by atoms with Crippen molar-refractivity contribution in [3.8, 4) is 17.2 Å². The van der Waals surface area contributed by atoms with E-state index in [0.29, 0.717) is 17.2 Å². The second kappa shape index (κ2) is 5.26. The first kappa shape index (κ1) is 12.7. The summed E-state index contributed by atoms with van der Waals surface area (Å²) in [6.45, 7) is 0. The number of hydrogen-bond acceptors (Lipinski definition) is 5.